The third-order valence-corrected chi connectivity index (χ3v) is 3.02. The van der Waals surface area contributed by atoms with E-state index >= 15 is 0 Å². The largest absolute Gasteiger partial charge is 0.481 e. The monoisotopic (exact) mass is 258 g/mol. The number of carbonyl (C=O) groups is 2. The van der Waals surface area contributed by atoms with Crippen molar-refractivity contribution < 1.29 is 19.4 Å². The molecule has 0 aliphatic carbocycles. The molecule has 2 amide bonds. The molecule has 0 aromatic carbocycles. The minimum atomic E-state index is -0.901. The Morgan fingerprint density at radius 3 is 2.83 bits per heavy atom. The van der Waals surface area contributed by atoms with Crippen LogP contribution in [0.5, 0.6) is 0 Å². The molecule has 1 aliphatic rings. The van der Waals surface area contributed by atoms with Crippen LogP contribution < -0.4 is 10.6 Å². The van der Waals surface area contributed by atoms with E-state index in [2.05, 4.69) is 10.6 Å². The molecule has 2 unspecified atom stereocenters. The normalized spacial score (nSPS) is 20.4. The number of carboxylic acids is 1. The number of rotatable bonds is 7. The van der Waals surface area contributed by atoms with Gasteiger partial charge in [0.05, 0.1) is 12.5 Å². The van der Waals surface area contributed by atoms with Gasteiger partial charge in [0.25, 0.3) is 0 Å². The van der Waals surface area contributed by atoms with Crippen LogP contribution in [0.3, 0.4) is 0 Å². The van der Waals surface area contributed by atoms with Crippen molar-refractivity contribution in [1.82, 2.24) is 10.6 Å². The molecule has 1 aliphatic heterocycles. The van der Waals surface area contributed by atoms with E-state index in [0.29, 0.717) is 13.0 Å². The Balaban J connectivity index is 2.13. The van der Waals surface area contributed by atoms with Gasteiger partial charge >= 0.3 is 12.0 Å². The second kappa shape index (κ2) is 7.92. The minimum Gasteiger partial charge on any atom is -0.481 e. The molecule has 1 saturated heterocycles. The van der Waals surface area contributed by atoms with E-state index in [9.17, 15) is 9.59 Å². The lowest BCUT2D eigenvalue weighted by Crippen LogP contribution is -2.43. The third kappa shape index (κ3) is 5.86. The molecule has 1 fully saturated rings. The molecule has 0 radical (unpaired) electrons. The Hall–Kier alpha value is -1.30. The van der Waals surface area contributed by atoms with Gasteiger partial charge in [0.2, 0.25) is 0 Å². The fraction of sp³-hybridized carbons (Fsp3) is 0.833. The number of urea groups is 1. The Kier molecular flexibility index (Phi) is 6.49. The first-order valence-corrected chi connectivity index (χ1v) is 6.49. The van der Waals surface area contributed by atoms with Crippen molar-refractivity contribution in [3.05, 3.63) is 0 Å². The molecule has 0 bridgehead atoms. The summed E-state index contributed by atoms with van der Waals surface area (Å²) >= 11 is 0. The number of hydrogen-bond donors (Lipinski definition) is 3. The highest BCUT2D eigenvalue weighted by atomic mass is 16.5. The van der Waals surface area contributed by atoms with Crippen LogP contribution in [0.15, 0.2) is 0 Å². The van der Waals surface area contributed by atoms with Crippen LogP contribution >= 0.6 is 0 Å². The van der Waals surface area contributed by atoms with Crippen LogP contribution in [0.2, 0.25) is 0 Å². The number of ether oxygens (including phenoxy) is 1. The molecule has 0 saturated carbocycles. The Bertz CT molecular complexity index is 277. The van der Waals surface area contributed by atoms with Crippen LogP contribution in [0.4, 0.5) is 4.79 Å². The first kappa shape index (κ1) is 14.8. The fourth-order valence-electron chi connectivity index (χ4n) is 1.96. The topological polar surface area (TPSA) is 87.7 Å². The van der Waals surface area contributed by atoms with Crippen LogP contribution in [0.1, 0.15) is 39.0 Å². The van der Waals surface area contributed by atoms with E-state index in [1.807, 2.05) is 6.92 Å². The van der Waals surface area contributed by atoms with E-state index in [0.717, 1.165) is 25.9 Å². The summed E-state index contributed by atoms with van der Waals surface area (Å²) in [6, 6.07) is -0.619. The highest BCUT2D eigenvalue weighted by Crippen LogP contribution is 2.14. The standard InChI is InChI=1S/C12H22N2O4/c1-2-9(8-11(15)16)14-12(17)13-6-5-10-4-3-7-18-10/h9-10H,2-8H2,1H3,(H,15,16)(H2,13,14,17). The second-order valence-electron chi connectivity index (χ2n) is 4.53. The highest BCUT2D eigenvalue weighted by molar-refractivity contribution is 5.75. The summed E-state index contributed by atoms with van der Waals surface area (Å²) in [5.41, 5.74) is 0. The van der Waals surface area contributed by atoms with Gasteiger partial charge in [0.15, 0.2) is 0 Å². The fourth-order valence-corrected chi connectivity index (χ4v) is 1.96. The van der Waals surface area contributed by atoms with Crippen molar-refractivity contribution in [3.8, 4) is 0 Å². The number of carbonyl (C=O) groups excluding carboxylic acids is 1. The molecule has 3 N–H and O–H groups in total. The van der Waals surface area contributed by atoms with Gasteiger partial charge < -0.3 is 20.5 Å². The average molecular weight is 258 g/mol. The van der Waals surface area contributed by atoms with Gasteiger partial charge in [-0.05, 0) is 25.7 Å². The maximum Gasteiger partial charge on any atom is 0.315 e. The molecular weight excluding hydrogens is 236 g/mol. The molecule has 1 heterocycles. The first-order chi connectivity index (χ1) is 8.61. The lowest BCUT2D eigenvalue weighted by atomic mass is 10.1. The summed E-state index contributed by atoms with van der Waals surface area (Å²) in [6.45, 7) is 3.22. The summed E-state index contributed by atoms with van der Waals surface area (Å²) < 4.78 is 5.44. The lowest BCUT2D eigenvalue weighted by molar-refractivity contribution is -0.137. The van der Waals surface area contributed by atoms with E-state index in [-0.39, 0.29) is 24.6 Å². The Morgan fingerprint density at radius 2 is 2.28 bits per heavy atom. The molecular formula is C12H22N2O4. The summed E-state index contributed by atoms with van der Waals surface area (Å²) in [4.78, 5) is 22.1. The predicted molar refractivity (Wildman–Crippen MR) is 66.5 cm³/mol. The van der Waals surface area contributed by atoms with Crippen molar-refractivity contribution in [2.24, 2.45) is 0 Å². The number of aliphatic carboxylic acids is 1. The number of nitrogens with one attached hydrogen (secondary N) is 2. The summed E-state index contributed by atoms with van der Waals surface area (Å²) in [5.74, 6) is -0.901. The van der Waals surface area contributed by atoms with Crippen LogP contribution in [0.25, 0.3) is 0 Å². The predicted octanol–water partition coefficient (Wildman–Crippen LogP) is 1.11. The van der Waals surface area contributed by atoms with Gasteiger partial charge in [0.1, 0.15) is 0 Å². The van der Waals surface area contributed by atoms with Crippen molar-refractivity contribution >= 4 is 12.0 Å². The molecule has 2 atom stereocenters. The SMILES string of the molecule is CCC(CC(=O)O)NC(=O)NCCC1CCCO1. The molecule has 1 rings (SSSR count). The number of amides is 2. The van der Waals surface area contributed by atoms with Crippen molar-refractivity contribution in [2.45, 2.75) is 51.2 Å². The number of carboxylic acid groups (broad SMARTS) is 1. The Morgan fingerprint density at radius 1 is 1.50 bits per heavy atom. The van der Waals surface area contributed by atoms with Crippen LogP contribution in [-0.2, 0) is 9.53 Å². The zero-order chi connectivity index (χ0) is 13.4. The summed E-state index contributed by atoms with van der Waals surface area (Å²) in [5, 5.41) is 14.0. The van der Waals surface area contributed by atoms with E-state index in [1.165, 1.54) is 0 Å². The quantitative estimate of drug-likeness (QED) is 0.638. The van der Waals surface area contributed by atoms with Gasteiger partial charge in [0, 0.05) is 19.2 Å². The van der Waals surface area contributed by atoms with Crippen molar-refractivity contribution in [1.29, 1.82) is 0 Å². The van der Waals surface area contributed by atoms with E-state index in [4.69, 9.17) is 9.84 Å². The van der Waals surface area contributed by atoms with Gasteiger partial charge in [-0.1, -0.05) is 6.92 Å². The minimum absolute atomic E-state index is 0.0460. The number of hydrogen-bond acceptors (Lipinski definition) is 3. The van der Waals surface area contributed by atoms with Gasteiger partial charge in [-0.25, -0.2) is 4.79 Å². The average Bonchev–Trinajstić information content (AvgIpc) is 2.80. The van der Waals surface area contributed by atoms with Crippen LogP contribution in [-0.4, -0.2) is 42.4 Å². The lowest BCUT2D eigenvalue weighted by Gasteiger charge is -2.16. The molecule has 6 heteroatoms. The molecule has 104 valence electrons. The molecule has 0 aromatic rings. The second-order valence-corrected chi connectivity index (χ2v) is 4.53. The zero-order valence-electron chi connectivity index (χ0n) is 10.8. The molecule has 6 nitrogen and oxygen atoms in total. The van der Waals surface area contributed by atoms with E-state index in [1.54, 1.807) is 0 Å². The Labute approximate surface area is 107 Å². The highest BCUT2D eigenvalue weighted by Gasteiger charge is 2.16. The molecule has 18 heavy (non-hydrogen) atoms. The summed E-state index contributed by atoms with van der Waals surface area (Å²) in [7, 11) is 0. The maximum absolute atomic E-state index is 11.5. The maximum atomic E-state index is 11.5. The summed E-state index contributed by atoms with van der Waals surface area (Å²) in [6.07, 6.45) is 3.77. The molecule has 0 spiro atoms. The van der Waals surface area contributed by atoms with E-state index < -0.39 is 5.97 Å². The van der Waals surface area contributed by atoms with Crippen LogP contribution in [0, 0.1) is 0 Å². The first-order valence-electron chi connectivity index (χ1n) is 6.49. The molecule has 0 aromatic heterocycles. The van der Waals surface area contributed by atoms with Crippen molar-refractivity contribution in [2.75, 3.05) is 13.2 Å². The van der Waals surface area contributed by atoms with Crippen molar-refractivity contribution in [3.63, 3.8) is 0 Å². The third-order valence-electron chi connectivity index (χ3n) is 3.02. The zero-order valence-corrected chi connectivity index (χ0v) is 10.8. The van der Waals surface area contributed by atoms with Gasteiger partial charge in [-0.3, -0.25) is 4.79 Å². The van der Waals surface area contributed by atoms with Gasteiger partial charge in [-0.2, -0.15) is 0 Å². The van der Waals surface area contributed by atoms with Gasteiger partial charge in [-0.15, -0.1) is 0 Å². The smallest absolute Gasteiger partial charge is 0.315 e.